The van der Waals surface area contributed by atoms with Crippen molar-refractivity contribution < 1.29 is 9.53 Å². The molecule has 1 aromatic carbocycles. The second kappa shape index (κ2) is 7.80. The molecule has 0 radical (unpaired) electrons. The van der Waals surface area contributed by atoms with E-state index in [1.165, 1.54) is 11.4 Å². The van der Waals surface area contributed by atoms with E-state index < -0.39 is 0 Å². The minimum Gasteiger partial charge on any atom is -0.497 e. The van der Waals surface area contributed by atoms with Crippen LogP contribution in [0.15, 0.2) is 82.6 Å². The number of piperidine rings is 1. The molecular formula is C27H28N4O2. The van der Waals surface area contributed by atoms with Gasteiger partial charge in [-0.2, -0.15) is 0 Å². The molecule has 168 valence electrons. The molecule has 1 unspecified atom stereocenters. The third-order valence-corrected chi connectivity index (χ3v) is 7.40. The molecule has 6 heteroatoms. The Kier molecular flexibility index (Phi) is 4.75. The Bertz CT molecular complexity index is 1180. The van der Waals surface area contributed by atoms with Crippen LogP contribution in [-0.2, 0) is 4.79 Å². The third kappa shape index (κ3) is 3.24. The molecule has 1 atom stereocenters. The summed E-state index contributed by atoms with van der Waals surface area (Å²) in [7, 11) is 1.70. The maximum atomic E-state index is 13.5. The van der Waals surface area contributed by atoms with Gasteiger partial charge in [0.15, 0.2) is 0 Å². The Morgan fingerprint density at radius 1 is 1.18 bits per heavy atom. The number of carbonyl (C=O) groups is 1. The highest BCUT2D eigenvalue weighted by molar-refractivity contribution is 5.99. The SMILES string of the molecule is COc1ccc2c(c1)NC1(CCN(C(=O)C3=C4C=CC=NC4CC=C3)CC1)C1=CC=CCN12. The number of rotatable bonds is 2. The van der Waals surface area contributed by atoms with Crippen molar-refractivity contribution in [3.05, 3.63) is 77.6 Å². The first-order valence-electron chi connectivity index (χ1n) is 11.7. The first kappa shape index (κ1) is 20.1. The van der Waals surface area contributed by atoms with E-state index in [-0.39, 0.29) is 17.5 Å². The summed E-state index contributed by atoms with van der Waals surface area (Å²) in [4.78, 5) is 22.5. The zero-order valence-corrected chi connectivity index (χ0v) is 18.8. The van der Waals surface area contributed by atoms with Crippen LogP contribution in [0.3, 0.4) is 0 Å². The van der Waals surface area contributed by atoms with Gasteiger partial charge in [0.25, 0.3) is 5.91 Å². The summed E-state index contributed by atoms with van der Waals surface area (Å²) in [6.07, 6.45) is 19.0. The highest BCUT2D eigenvalue weighted by Crippen LogP contribution is 2.47. The van der Waals surface area contributed by atoms with Gasteiger partial charge in [-0.1, -0.05) is 30.4 Å². The van der Waals surface area contributed by atoms with Crippen LogP contribution in [0.5, 0.6) is 5.75 Å². The number of methoxy groups -OCH3 is 1. The highest BCUT2D eigenvalue weighted by atomic mass is 16.5. The van der Waals surface area contributed by atoms with E-state index in [4.69, 9.17) is 4.74 Å². The molecule has 33 heavy (non-hydrogen) atoms. The van der Waals surface area contributed by atoms with Gasteiger partial charge in [-0.3, -0.25) is 9.79 Å². The van der Waals surface area contributed by atoms with Crippen LogP contribution in [0.2, 0.25) is 0 Å². The Hall–Kier alpha value is -3.54. The van der Waals surface area contributed by atoms with E-state index in [9.17, 15) is 4.79 Å². The van der Waals surface area contributed by atoms with Crippen LogP contribution in [0.1, 0.15) is 19.3 Å². The molecule has 1 aliphatic carbocycles. The van der Waals surface area contributed by atoms with Gasteiger partial charge in [0, 0.05) is 43.2 Å². The number of fused-ring (bicyclic) bond motifs is 5. The smallest absolute Gasteiger partial charge is 0.254 e. The second-order valence-electron chi connectivity index (χ2n) is 9.15. The van der Waals surface area contributed by atoms with Gasteiger partial charge >= 0.3 is 0 Å². The number of benzene rings is 1. The monoisotopic (exact) mass is 440 g/mol. The minimum absolute atomic E-state index is 0.0781. The van der Waals surface area contributed by atoms with Crippen molar-refractivity contribution in [2.45, 2.75) is 30.8 Å². The molecule has 4 heterocycles. The number of hydrogen-bond acceptors (Lipinski definition) is 5. The van der Waals surface area contributed by atoms with Crippen LogP contribution < -0.4 is 15.0 Å². The van der Waals surface area contributed by atoms with Gasteiger partial charge in [0.05, 0.1) is 30.1 Å². The van der Waals surface area contributed by atoms with Gasteiger partial charge in [-0.15, -0.1) is 0 Å². The van der Waals surface area contributed by atoms with E-state index >= 15 is 0 Å². The summed E-state index contributed by atoms with van der Waals surface area (Å²) in [5.41, 5.74) is 5.20. The van der Waals surface area contributed by atoms with E-state index in [0.717, 1.165) is 48.4 Å². The molecular weight excluding hydrogens is 412 g/mol. The zero-order chi connectivity index (χ0) is 22.4. The minimum atomic E-state index is -0.196. The van der Waals surface area contributed by atoms with Crippen molar-refractivity contribution in [1.29, 1.82) is 0 Å². The van der Waals surface area contributed by atoms with E-state index in [1.807, 2.05) is 35.4 Å². The molecule has 6 nitrogen and oxygen atoms in total. The average molecular weight is 441 g/mol. The van der Waals surface area contributed by atoms with E-state index in [2.05, 4.69) is 51.6 Å². The van der Waals surface area contributed by atoms with Crippen molar-refractivity contribution in [2.75, 3.05) is 37.0 Å². The summed E-state index contributed by atoms with van der Waals surface area (Å²) < 4.78 is 5.48. The highest BCUT2D eigenvalue weighted by Gasteiger charge is 2.45. The van der Waals surface area contributed by atoms with Crippen LogP contribution in [0.4, 0.5) is 11.4 Å². The molecule has 1 N–H and O–H groups in total. The first-order chi connectivity index (χ1) is 16.2. The van der Waals surface area contributed by atoms with Gasteiger partial charge < -0.3 is 19.9 Å². The normalized spacial score (nSPS) is 24.2. The lowest BCUT2D eigenvalue weighted by Gasteiger charge is -2.52. The molecule has 5 aliphatic rings. The molecule has 6 rings (SSSR count). The number of ether oxygens (including phenoxy) is 1. The summed E-state index contributed by atoms with van der Waals surface area (Å²) in [5, 5.41) is 3.85. The Balaban J connectivity index is 1.27. The number of likely N-dealkylation sites (tertiary alicyclic amines) is 1. The van der Waals surface area contributed by atoms with Gasteiger partial charge in [-0.25, -0.2) is 0 Å². The first-order valence-corrected chi connectivity index (χ1v) is 11.7. The lowest BCUT2D eigenvalue weighted by atomic mass is 9.79. The topological polar surface area (TPSA) is 57.2 Å². The number of dihydropyridines is 1. The lowest BCUT2D eigenvalue weighted by molar-refractivity contribution is -0.128. The summed E-state index contributed by atoms with van der Waals surface area (Å²) >= 11 is 0. The maximum absolute atomic E-state index is 13.5. The number of hydrogen-bond donors (Lipinski definition) is 1. The quantitative estimate of drug-likeness (QED) is 0.755. The number of carbonyl (C=O) groups excluding carboxylic acids is 1. The van der Waals surface area contributed by atoms with Gasteiger partial charge in [0.2, 0.25) is 0 Å². The number of allylic oxidation sites excluding steroid dienone is 3. The maximum Gasteiger partial charge on any atom is 0.254 e. The lowest BCUT2D eigenvalue weighted by Crippen LogP contribution is -2.57. The van der Waals surface area contributed by atoms with Crippen LogP contribution in [0, 0.1) is 0 Å². The molecule has 1 amide bonds. The fraction of sp³-hybridized carbons (Fsp3) is 0.333. The largest absolute Gasteiger partial charge is 0.497 e. The predicted octanol–water partition coefficient (Wildman–Crippen LogP) is 4.01. The number of aliphatic imine (C=N–C) groups is 1. The summed E-state index contributed by atoms with van der Waals surface area (Å²) in [6, 6.07) is 6.30. The molecule has 0 bridgehead atoms. The molecule has 1 spiro atoms. The van der Waals surface area contributed by atoms with Crippen molar-refractivity contribution in [3.8, 4) is 5.75 Å². The predicted molar refractivity (Wildman–Crippen MR) is 132 cm³/mol. The Labute approximate surface area is 194 Å². The van der Waals surface area contributed by atoms with E-state index in [0.29, 0.717) is 13.1 Å². The number of amides is 1. The van der Waals surface area contributed by atoms with Crippen LogP contribution in [-0.4, -0.2) is 55.3 Å². The van der Waals surface area contributed by atoms with Gasteiger partial charge in [0.1, 0.15) is 5.75 Å². The summed E-state index contributed by atoms with van der Waals surface area (Å²) in [6.45, 7) is 2.27. The Morgan fingerprint density at radius 3 is 2.91 bits per heavy atom. The molecule has 0 aromatic heterocycles. The van der Waals surface area contributed by atoms with Crippen molar-refractivity contribution >= 4 is 23.5 Å². The third-order valence-electron chi connectivity index (χ3n) is 7.40. The van der Waals surface area contributed by atoms with Crippen LogP contribution in [0.25, 0.3) is 0 Å². The fourth-order valence-electron chi connectivity index (χ4n) is 5.66. The molecule has 1 saturated heterocycles. The number of anilines is 2. The Morgan fingerprint density at radius 2 is 2.06 bits per heavy atom. The average Bonchev–Trinajstić information content (AvgIpc) is 2.88. The van der Waals surface area contributed by atoms with Crippen LogP contribution >= 0.6 is 0 Å². The molecule has 0 saturated carbocycles. The fourth-order valence-corrected chi connectivity index (χ4v) is 5.66. The van der Waals surface area contributed by atoms with E-state index in [1.54, 1.807) is 7.11 Å². The molecule has 1 fully saturated rings. The standard InChI is InChI=1S/C27H28N4O2/c1-33-19-10-11-24-23(18-19)29-27(25-9-2-3-15-31(24)25)12-16-30(17-13-27)26(32)21-6-4-8-22-20(21)7-5-14-28-22/h2-7,9-11,14,18,22,29H,8,12-13,15-17H2,1H3. The van der Waals surface area contributed by atoms with Gasteiger partial charge in [-0.05, 0) is 49.1 Å². The summed E-state index contributed by atoms with van der Waals surface area (Å²) in [5.74, 6) is 0.967. The molecule has 4 aliphatic heterocycles. The molecule has 1 aromatic rings. The van der Waals surface area contributed by atoms with Crippen molar-refractivity contribution in [1.82, 2.24) is 4.90 Å². The van der Waals surface area contributed by atoms with Crippen molar-refractivity contribution in [3.63, 3.8) is 0 Å². The number of nitrogens with zero attached hydrogens (tertiary/aromatic N) is 3. The number of nitrogens with one attached hydrogen (secondary N) is 1. The second-order valence-corrected chi connectivity index (χ2v) is 9.15. The zero-order valence-electron chi connectivity index (χ0n) is 18.8. The van der Waals surface area contributed by atoms with Crippen molar-refractivity contribution in [2.24, 2.45) is 4.99 Å².